The van der Waals surface area contributed by atoms with Gasteiger partial charge in [-0.15, -0.1) is 22.7 Å². The molecule has 68 heavy (non-hydrogen) atoms. The van der Waals surface area contributed by atoms with Crippen LogP contribution in [0.4, 0.5) is 0 Å². The highest BCUT2D eigenvalue weighted by Gasteiger charge is 2.55. The molecule has 0 saturated heterocycles. The van der Waals surface area contributed by atoms with Crippen LogP contribution in [0.25, 0.3) is 84.9 Å². The predicted molar refractivity (Wildman–Crippen MR) is 290 cm³/mol. The molecule has 2 heteroatoms. The van der Waals surface area contributed by atoms with Gasteiger partial charge in [0.2, 0.25) is 0 Å². The summed E-state index contributed by atoms with van der Waals surface area (Å²) >= 11 is 3.88. The van der Waals surface area contributed by atoms with E-state index in [1.54, 1.807) is 0 Å². The molecule has 0 amide bonds. The highest BCUT2D eigenvalue weighted by atomic mass is 32.1. The van der Waals surface area contributed by atoms with Crippen molar-refractivity contribution < 1.29 is 0 Å². The standard InChI is InChI=1S/2C33H22S/c1-2-20-10-9-14-23-21-11-3-6-15-26(21)33(31(20)23)27-16-7-4-12-22(27)24-18-19-29-30(32(24)33)25-13-5-8-17-28(25)34-29;1-2-20-10-9-14-24-21-11-3-6-15-27(21)33(30(20)24)28-16-7-4-12-22(28)25-18-19-26-23-13-5-8-17-29(23)34-32(26)31(25)33/h2*3-19H,2H2,1H3. The molecule has 320 valence electrons. The molecule has 0 radical (unpaired) electrons. The lowest BCUT2D eigenvalue weighted by Crippen LogP contribution is -2.27. The van der Waals surface area contributed by atoms with Gasteiger partial charge in [0, 0.05) is 40.3 Å². The first-order valence-corrected chi connectivity index (χ1v) is 25.8. The largest absolute Gasteiger partial charge is 0.135 e. The maximum Gasteiger partial charge on any atom is 0.0742 e. The minimum Gasteiger partial charge on any atom is -0.135 e. The molecular formula is C66H44S2. The average Bonchev–Trinajstić information content (AvgIpc) is 4.23. The molecule has 0 aliphatic heterocycles. The van der Waals surface area contributed by atoms with Gasteiger partial charge in [0.25, 0.3) is 0 Å². The molecule has 2 heterocycles. The molecule has 2 unspecified atom stereocenters. The van der Waals surface area contributed by atoms with Crippen molar-refractivity contribution in [3.8, 4) is 44.5 Å². The van der Waals surface area contributed by atoms with E-state index in [-0.39, 0.29) is 10.8 Å². The van der Waals surface area contributed by atoms with Gasteiger partial charge < -0.3 is 0 Å². The zero-order valence-corrected chi connectivity index (χ0v) is 39.5. The number of fused-ring (bicyclic) bond motifs is 28. The van der Waals surface area contributed by atoms with Gasteiger partial charge in [-0.2, -0.15) is 0 Å². The van der Waals surface area contributed by atoms with Crippen molar-refractivity contribution in [1.82, 2.24) is 0 Å². The highest BCUT2D eigenvalue weighted by Crippen LogP contribution is 2.67. The molecule has 0 nitrogen and oxygen atoms in total. The van der Waals surface area contributed by atoms with E-state index in [2.05, 4.69) is 220 Å². The molecule has 2 atom stereocenters. The molecule has 4 aliphatic rings. The Morgan fingerprint density at radius 1 is 0.294 bits per heavy atom. The molecule has 4 aliphatic carbocycles. The zero-order valence-electron chi connectivity index (χ0n) is 37.9. The molecule has 2 spiro atoms. The number of hydrogen-bond donors (Lipinski definition) is 0. The smallest absolute Gasteiger partial charge is 0.0742 e. The van der Waals surface area contributed by atoms with Crippen LogP contribution in [0.15, 0.2) is 206 Å². The summed E-state index contributed by atoms with van der Waals surface area (Å²) in [6.07, 6.45) is 2.05. The molecular weight excluding hydrogens is 857 g/mol. The lowest BCUT2D eigenvalue weighted by Gasteiger charge is -2.32. The van der Waals surface area contributed by atoms with Crippen LogP contribution >= 0.6 is 22.7 Å². The lowest BCUT2D eigenvalue weighted by atomic mass is 9.68. The van der Waals surface area contributed by atoms with Crippen molar-refractivity contribution >= 4 is 63.0 Å². The second-order valence-electron chi connectivity index (χ2n) is 19.0. The Balaban J connectivity index is 0.000000124. The fraction of sp³-hybridized carbons (Fsp3) is 0.0909. The summed E-state index contributed by atoms with van der Waals surface area (Å²) in [5, 5.41) is 5.56. The Morgan fingerprint density at radius 3 is 1.25 bits per heavy atom. The van der Waals surface area contributed by atoms with E-state index in [1.165, 1.54) is 140 Å². The minimum absolute atomic E-state index is 0.273. The number of benzene rings is 10. The van der Waals surface area contributed by atoms with E-state index >= 15 is 0 Å². The van der Waals surface area contributed by atoms with Gasteiger partial charge in [-0.1, -0.05) is 202 Å². The quantitative estimate of drug-likeness (QED) is 0.162. The molecule has 16 rings (SSSR count). The normalized spacial score (nSPS) is 17.2. The van der Waals surface area contributed by atoms with Gasteiger partial charge in [0.1, 0.15) is 0 Å². The summed E-state index contributed by atoms with van der Waals surface area (Å²) < 4.78 is 5.55. The number of hydrogen-bond acceptors (Lipinski definition) is 2. The zero-order chi connectivity index (χ0) is 44.9. The summed E-state index contributed by atoms with van der Waals surface area (Å²) in [7, 11) is 0. The molecule has 0 fully saturated rings. The maximum atomic E-state index is 2.39. The first-order chi connectivity index (χ1) is 33.7. The SMILES string of the molecule is CCc1cccc2c1C1(c3ccccc3-2)c2ccccc2-c2ccc3c(sc4ccccc43)c21.CCc1cccc2c1C1(c3ccccc3-2)c2ccccc2-c2ccc3sc4ccccc4c3c21. The highest BCUT2D eigenvalue weighted by molar-refractivity contribution is 7.26. The Labute approximate surface area is 404 Å². The summed E-state index contributed by atoms with van der Waals surface area (Å²) in [5.74, 6) is 0. The summed E-state index contributed by atoms with van der Waals surface area (Å²) in [6.45, 7) is 4.60. The molecule has 2 aromatic heterocycles. The third-order valence-electron chi connectivity index (χ3n) is 16.1. The van der Waals surface area contributed by atoms with E-state index in [9.17, 15) is 0 Å². The van der Waals surface area contributed by atoms with E-state index in [4.69, 9.17) is 0 Å². The Kier molecular flexibility index (Phi) is 8.02. The van der Waals surface area contributed by atoms with Crippen LogP contribution in [0.3, 0.4) is 0 Å². The van der Waals surface area contributed by atoms with Crippen LogP contribution in [0.5, 0.6) is 0 Å². The molecule has 0 saturated carbocycles. The second-order valence-corrected chi connectivity index (χ2v) is 21.1. The van der Waals surface area contributed by atoms with E-state index < -0.39 is 0 Å². The summed E-state index contributed by atoms with van der Waals surface area (Å²) in [4.78, 5) is 0. The van der Waals surface area contributed by atoms with E-state index in [0.717, 1.165) is 12.8 Å². The lowest BCUT2D eigenvalue weighted by molar-refractivity contribution is 0.786. The Hall–Kier alpha value is -7.36. The number of rotatable bonds is 2. The van der Waals surface area contributed by atoms with Crippen LogP contribution < -0.4 is 0 Å². The van der Waals surface area contributed by atoms with Crippen molar-refractivity contribution in [2.45, 2.75) is 37.5 Å². The van der Waals surface area contributed by atoms with Gasteiger partial charge in [0.15, 0.2) is 0 Å². The van der Waals surface area contributed by atoms with Crippen LogP contribution in [0.1, 0.15) is 69.5 Å². The molecule has 0 bridgehead atoms. The molecule has 10 aromatic carbocycles. The van der Waals surface area contributed by atoms with Crippen molar-refractivity contribution in [1.29, 1.82) is 0 Å². The second kappa shape index (κ2) is 14.1. The summed E-state index contributed by atoms with van der Waals surface area (Å²) in [6, 6.07) is 77.7. The van der Waals surface area contributed by atoms with Crippen LogP contribution in [0, 0.1) is 0 Å². The number of thiophene rings is 2. The van der Waals surface area contributed by atoms with Gasteiger partial charge in [-0.05, 0) is 131 Å². The molecule has 0 N–H and O–H groups in total. The van der Waals surface area contributed by atoms with E-state index in [1.807, 2.05) is 22.7 Å². The first-order valence-electron chi connectivity index (χ1n) is 24.2. The van der Waals surface area contributed by atoms with Crippen LogP contribution in [-0.2, 0) is 23.7 Å². The third-order valence-corrected chi connectivity index (χ3v) is 18.5. The van der Waals surface area contributed by atoms with E-state index in [0.29, 0.717) is 0 Å². The van der Waals surface area contributed by atoms with Crippen molar-refractivity contribution in [2.75, 3.05) is 0 Å². The van der Waals surface area contributed by atoms with Crippen LogP contribution in [0.2, 0.25) is 0 Å². The maximum absolute atomic E-state index is 2.39. The van der Waals surface area contributed by atoms with Crippen molar-refractivity contribution in [3.05, 3.63) is 262 Å². The fourth-order valence-electron chi connectivity index (χ4n) is 13.7. The van der Waals surface area contributed by atoms with Crippen molar-refractivity contribution in [2.24, 2.45) is 0 Å². The Morgan fingerprint density at radius 2 is 0.706 bits per heavy atom. The number of aryl methyl sites for hydroxylation is 2. The predicted octanol–water partition coefficient (Wildman–Crippen LogP) is 17.9. The van der Waals surface area contributed by atoms with Gasteiger partial charge in [0.05, 0.1) is 10.8 Å². The monoisotopic (exact) mass is 900 g/mol. The topological polar surface area (TPSA) is 0 Å². The first kappa shape index (κ1) is 38.7. The average molecular weight is 901 g/mol. The fourth-order valence-corrected chi connectivity index (χ4v) is 16.2. The van der Waals surface area contributed by atoms with Crippen LogP contribution in [-0.4, -0.2) is 0 Å². The van der Waals surface area contributed by atoms with Gasteiger partial charge >= 0.3 is 0 Å². The third kappa shape index (κ3) is 4.65. The van der Waals surface area contributed by atoms with Crippen molar-refractivity contribution in [3.63, 3.8) is 0 Å². The minimum atomic E-state index is -0.284. The Bertz CT molecular complexity index is 4110. The summed E-state index contributed by atoms with van der Waals surface area (Å²) in [5.41, 5.74) is 25.1. The molecule has 12 aromatic rings. The van der Waals surface area contributed by atoms with Gasteiger partial charge in [-0.25, -0.2) is 0 Å². The van der Waals surface area contributed by atoms with Gasteiger partial charge in [-0.3, -0.25) is 0 Å².